The Kier molecular flexibility index (Phi) is 23.0. The topological polar surface area (TPSA) is 55.1 Å². The van der Waals surface area contributed by atoms with Crippen LogP contribution in [-0.4, -0.2) is 18.5 Å². The Morgan fingerprint density at radius 3 is 1.76 bits per heavy atom. The van der Waals surface area contributed by atoms with E-state index in [4.69, 9.17) is 5.73 Å². The van der Waals surface area contributed by atoms with Crippen LogP contribution in [0.1, 0.15) is 104 Å². The molecule has 0 saturated carbocycles. The van der Waals surface area contributed by atoms with Gasteiger partial charge in [-0.25, -0.2) is 0 Å². The van der Waals surface area contributed by atoms with Crippen molar-refractivity contribution in [1.29, 1.82) is 0 Å². The van der Waals surface area contributed by atoms with E-state index in [9.17, 15) is 4.79 Å². The highest BCUT2D eigenvalue weighted by atomic mass is 35.5. The maximum atomic E-state index is 11.3. The summed E-state index contributed by atoms with van der Waals surface area (Å²) in [7, 11) is 0. The molecule has 0 heterocycles. The maximum absolute atomic E-state index is 11.3. The van der Waals surface area contributed by atoms with Gasteiger partial charge < -0.3 is 11.1 Å². The molecule has 0 aromatic carbocycles. The van der Waals surface area contributed by atoms with E-state index in [0.717, 1.165) is 13.0 Å². The van der Waals surface area contributed by atoms with E-state index in [1.807, 2.05) is 0 Å². The molecular formula is C21H43ClN2O. The normalized spacial score (nSPS) is 12.1. The van der Waals surface area contributed by atoms with E-state index in [-0.39, 0.29) is 24.4 Å². The van der Waals surface area contributed by atoms with Crippen LogP contribution in [0.15, 0.2) is 12.2 Å². The van der Waals surface area contributed by atoms with Crippen molar-refractivity contribution in [2.45, 2.75) is 110 Å². The zero-order chi connectivity index (χ0) is 17.9. The standard InChI is InChI=1S/C21H42N2O.ClH/c1-3-4-5-6-7-8-9-10-11-12-13-14-15-16-17-18-19-23-21(24)20(2)22;/h10-11,20H,3-9,12-19,22H2,1-2H3,(H,23,24);1H/b11-10-;. The van der Waals surface area contributed by atoms with Gasteiger partial charge in [-0.15, -0.1) is 12.4 Å². The highest BCUT2D eigenvalue weighted by molar-refractivity contribution is 5.85. The maximum Gasteiger partial charge on any atom is 0.236 e. The van der Waals surface area contributed by atoms with Gasteiger partial charge in [0.1, 0.15) is 0 Å². The molecule has 150 valence electrons. The molecule has 4 heteroatoms. The van der Waals surface area contributed by atoms with E-state index >= 15 is 0 Å². The second-order valence-corrected chi connectivity index (χ2v) is 7.02. The lowest BCUT2D eigenvalue weighted by Gasteiger charge is -2.07. The minimum Gasteiger partial charge on any atom is -0.355 e. The molecule has 25 heavy (non-hydrogen) atoms. The van der Waals surface area contributed by atoms with Crippen LogP contribution in [0.5, 0.6) is 0 Å². The largest absolute Gasteiger partial charge is 0.355 e. The molecule has 0 bridgehead atoms. The average molecular weight is 375 g/mol. The summed E-state index contributed by atoms with van der Waals surface area (Å²) in [5.41, 5.74) is 5.49. The fraction of sp³-hybridized carbons (Fsp3) is 0.857. The summed E-state index contributed by atoms with van der Waals surface area (Å²) in [6, 6.07) is -0.390. The first-order valence-corrected chi connectivity index (χ1v) is 10.4. The van der Waals surface area contributed by atoms with Crippen molar-refractivity contribution in [3.05, 3.63) is 12.2 Å². The van der Waals surface area contributed by atoms with Crippen molar-refractivity contribution in [3.63, 3.8) is 0 Å². The molecule has 3 nitrogen and oxygen atoms in total. The second kappa shape index (κ2) is 21.5. The molecule has 0 fully saturated rings. The Bertz CT molecular complexity index is 306. The van der Waals surface area contributed by atoms with Gasteiger partial charge in [0.05, 0.1) is 6.04 Å². The molecule has 0 aliphatic rings. The van der Waals surface area contributed by atoms with Gasteiger partial charge in [0.2, 0.25) is 5.91 Å². The van der Waals surface area contributed by atoms with E-state index in [2.05, 4.69) is 24.4 Å². The van der Waals surface area contributed by atoms with Gasteiger partial charge in [-0.05, 0) is 39.0 Å². The van der Waals surface area contributed by atoms with Crippen LogP contribution in [0, 0.1) is 0 Å². The number of carbonyl (C=O) groups excluding carboxylic acids is 1. The summed E-state index contributed by atoms with van der Waals surface area (Å²) in [5, 5.41) is 2.86. The molecule has 0 aromatic heterocycles. The predicted molar refractivity (Wildman–Crippen MR) is 113 cm³/mol. The Morgan fingerprint density at radius 1 is 0.840 bits per heavy atom. The van der Waals surface area contributed by atoms with E-state index in [0.29, 0.717) is 0 Å². The van der Waals surface area contributed by atoms with Gasteiger partial charge in [0.25, 0.3) is 0 Å². The number of amides is 1. The molecule has 1 amide bonds. The van der Waals surface area contributed by atoms with Gasteiger partial charge in [0, 0.05) is 6.54 Å². The Morgan fingerprint density at radius 2 is 1.28 bits per heavy atom. The van der Waals surface area contributed by atoms with Gasteiger partial charge in [-0.2, -0.15) is 0 Å². The van der Waals surface area contributed by atoms with Crippen LogP contribution in [-0.2, 0) is 4.79 Å². The van der Waals surface area contributed by atoms with Crippen molar-refractivity contribution in [2.24, 2.45) is 5.73 Å². The minimum atomic E-state index is -0.390. The lowest BCUT2D eigenvalue weighted by atomic mass is 10.1. The number of nitrogens with one attached hydrogen (secondary N) is 1. The van der Waals surface area contributed by atoms with Gasteiger partial charge in [0.15, 0.2) is 0 Å². The van der Waals surface area contributed by atoms with Crippen molar-refractivity contribution in [2.75, 3.05) is 6.54 Å². The Balaban J connectivity index is 0. The predicted octanol–water partition coefficient (Wildman–Crippen LogP) is 5.91. The number of halogens is 1. The molecule has 0 aliphatic heterocycles. The van der Waals surface area contributed by atoms with E-state index in [1.165, 1.54) is 83.5 Å². The number of nitrogens with two attached hydrogens (primary N) is 1. The number of rotatable bonds is 17. The van der Waals surface area contributed by atoms with Crippen molar-refractivity contribution >= 4 is 18.3 Å². The monoisotopic (exact) mass is 374 g/mol. The van der Waals surface area contributed by atoms with Crippen LogP contribution >= 0.6 is 12.4 Å². The minimum absolute atomic E-state index is 0. The molecule has 0 spiro atoms. The third kappa shape index (κ3) is 21.4. The van der Waals surface area contributed by atoms with Gasteiger partial charge in [-0.1, -0.05) is 76.9 Å². The van der Waals surface area contributed by atoms with Crippen LogP contribution in [0.25, 0.3) is 0 Å². The molecule has 1 atom stereocenters. The summed E-state index contributed by atoms with van der Waals surface area (Å²) in [6.45, 7) is 4.75. The Hall–Kier alpha value is -0.540. The molecule has 0 aromatic rings. The molecular weight excluding hydrogens is 332 g/mol. The summed E-state index contributed by atoms with van der Waals surface area (Å²) in [6.07, 6.45) is 23.1. The van der Waals surface area contributed by atoms with Crippen molar-refractivity contribution in [1.82, 2.24) is 5.32 Å². The second-order valence-electron chi connectivity index (χ2n) is 7.02. The molecule has 0 saturated heterocycles. The SMILES string of the molecule is CCCCCCCC/C=C\CCCCCCCCNC(=O)C(C)N.Cl. The summed E-state index contributed by atoms with van der Waals surface area (Å²) in [5.74, 6) is -0.0391. The van der Waals surface area contributed by atoms with Crippen LogP contribution in [0.2, 0.25) is 0 Å². The van der Waals surface area contributed by atoms with Crippen LogP contribution < -0.4 is 11.1 Å². The first-order valence-electron chi connectivity index (χ1n) is 10.4. The molecule has 3 N–H and O–H groups in total. The number of hydrogen-bond donors (Lipinski definition) is 2. The zero-order valence-corrected chi connectivity index (χ0v) is 17.5. The smallest absolute Gasteiger partial charge is 0.236 e. The zero-order valence-electron chi connectivity index (χ0n) is 16.7. The van der Waals surface area contributed by atoms with Crippen LogP contribution in [0.3, 0.4) is 0 Å². The lowest BCUT2D eigenvalue weighted by molar-refractivity contribution is -0.121. The molecule has 0 aliphatic carbocycles. The highest BCUT2D eigenvalue weighted by Gasteiger charge is 2.04. The average Bonchev–Trinajstić information content (AvgIpc) is 2.57. The number of allylic oxidation sites excluding steroid dienone is 2. The third-order valence-corrected chi connectivity index (χ3v) is 4.40. The van der Waals surface area contributed by atoms with Crippen molar-refractivity contribution in [3.8, 4) is 0 Å². The quantitative estimate of drug-likeness (QED) is 0.245. The fourth-order valence-corrected chi connectivity index (χ4v) is 2.75. The molecule has 1 unspecified atom stereocenters. The molecule has 0 radical (unpaired) electrons. The van der Waals surface area contributed by atoms with E-state index < -0.39 is 0 Å². The van der Waals surface area contributed by atoms with Gasteiger partial charge >= 0.3 is 0 Å². The highest BCUT2D eigenvalue weighted by Crippen LogP contribution is 2.09. The van der Waals surface area contributed by atoms with Crippen molar-refractivity contribution < 1.29 is 4.79 Å². The first kappa shape index (κ1) is 26.7. The van der Waals surface area contributed by atoms with Crippen LogP contribution in [0.4, 0.5) is 0 Å². The summed E-state index contributed by atoms with van der Waals surface area (Å²) >= 11 is 0. The Labute approximate surface area is 163 Å². The first-order chi connectivity index (χ1) is 11.7. The fourth-order valence-electron chi connectivity index (χ4n) is 2.75. The number of carbonyl (C=O) groups is 1. The third-order valence-electron chi connectivity index (χ3n) is 4.40. The number of unbranched alkanes of at least 4 members (excludes halogenated alkanes) is 12. The van der Waals surface area contributed by atoms with E-state index in [1.54, 1.807) is 6.92 Å². The lowest BCUT2D eigenvalue weighted by Crippen LogP contribution is -2.38. The summed E-state index contributed by atoms with van der Waals surface area (Å²) < 4.78 is 0. The number of hydrogen-bond acceptors (Lipinski definition) is 2. The van der Waals surface area contributed by atoms with Gasteiger partial charge in [-0.3, -0.25) is 4.79 Å². The molecule has 0 rings (SSSR count). The summed E-state index contributed by atoms with van der Waals surface area (Å²) in [4.78, 5) is 11.3.